The summed E-state index contributed by atoms with van der Waals surface area (Å²) in [6, 6.07) is 8.63. The van der Waals surface area contributed by atoms with Gasteiger partial charge in [0.2, 0.25) is 21.8 Å². The van der Waals surface area contributed by atoms with E-state index < -0.39 is 28.5 Å². The summed E-state index contributed by atoms with van der Waals surface area (Å²) in [5.74, 6) is -0.395. The Bertz CT molecular complexity index is 1210. The van der Waals surface area contributed by atoms with Crippen molar-refractivity contribution in [1.29, 1.82) is 0 Å². The van der Waals surface area contributed by atoms with Gasteiger partial charge in [-0.1, -0.05) is 53.9 Å². The Morgan fingerprint density at radius 3 is 2.28 bits per heavy atom. The van der Waals surface area contributed by atoms with Crippen molar-refractivity contribution in [2.45, 2.75) is 45.8 Å². The van der Waals surface area contributed by atoms with Crippen molar-refractivity contribution in [3.05, 3.63) is 57.0 Å². The number of halogens is 3. The summed E-state index contributed by atoms with van der Waals surface area (Å²) in [6.45, 7) is 4.81. The summed E-state index contributed by atoms with van der Waals surface area (Å²) in [6.07, 6.45) is 1.66. The summed E-state index contributed by atoms with van der Waals surface area (Å²) in [4.78, 5) is 27.9. The van der Waals surface area contributed by atoms with Gasteiger partial charge < -0.3 is 15.0 Å². The van der Waals surface area contributed by atoms with Crippen molar-refractivity contribution in [3.63, 3.8) is 0 Å². The second kappa shape index (κ2) is 12.9. The first-order valence-electron chi connectivity index (χ1n) is 11.1. The molecular weight excluding hydrogens is 549 g/mol. The number of sulfonamides is 1. The van der Waals surface area contributed by atoms with Gasteiger partial charge in [0, 0.05) is 12.6 Å². The van der Waals surface area contributed by atoms with Crippen molar-refractivity contribution in [1.82, 2.24) is 10.2 Å². The van der Waals surface area contributed by atoms with Gasteiger partial charge >= 0.3 is 0 Å². The van der Waals surface area contributed by atoms with E-state index in [4.69, 9.17) is 39.5 Å². The lowest BCUT2D eigenvalue weighted by Gasteiger charge is -2.32. The first-order chi connectivity index (χ1) is 16.8. The number of rotatable bonds is 11. The minimum Gasteiger partial charge on any atom is -0.497 e. The lowest BCUT2D eigenvalue weighted by Crippen LogP contribution is -2.52. The second-order valence-corrected chi connectivity index (χ2v) is 11.5. The van der Waals surface area contributed by atoms with E-state index in [0.717, 1.165) is 10.6 Å². The molecule has 0 spiro atoms. The molecule has 2 aromatic carbocycles. The number of carbonyl (C=O) groups is 2. The van der Waals surface area contributed by atoms with Gasteiger partial charge in [-0.15, -0.1) is 0 Å². The van der Waals surface area contributed by atoms with Crippen LogP contribution in [0.25, 0.3) is 0 Å². The fourth-order valence-corrected chi connectivity index (χ4v) is 4.86. The number of methoxy groups -OCH3 is 1. The van der Waals surface area contributed by atoms with E-state index in [1.165, 1.54) is 24.1 Å². The summed E-state index contributed by atoms with van der Waals surface area (Å²) in [7, 11) is -2.45. The molecule has 2 atom stereocenters. The first kappa shape index (κ1) is 30.0. The third kappa shape index (κ3) is 7.90. The van der Waals surface area contributed by atoms with Crippen LogP contribution in [0.3, 0.4) is 0 Å². The number of ether oxygens (including phenoxy) is 1. The van der Waals surface area contributed by atoms with Crippen LogP contribution >= 0.6 is 34.8 Å². The minimum atomic E-state index is -3.97. The van der Waals surface area contributed by atoms with Crippen LogP contribution in [0.2, 0.25) is 15.1 Å². The lowest BCUT2D eigenvalue weighted by atomic mass is 10.1. The predicted octanol–water partition coefficient (Wildman–Crippen LogP) is 4.75. The van der Waals surface area contributed by atoms with E-state index in [0.29, 0.717) is 17.7 Å². The van der Waals surface area contributed by atoms with Crippen molar-refractivity contribution in [2.75, 3.05) is 24.2 Å². The highest BCUT2D eigenvalue weighted by atomic mass is 35.5. The summed E-state index contributed by atoms with van der Waals surface area (Å²) < 4.78 is 31.5. The van der Waals surface area contributed by atoms with E-state index in [2.05, 4.69) is 5.32 Å². The molecular formula is C24H30Cl3N3O5S. The van der Waals surface area contributed by atoms with E-state index >= 15 is 0 Å². The number of nitrogens with one attached hydrogen (secondary N) is 1. The SMILES string of the molecule is CC[C@@H](C)NC(=O)[C@@H](C)N(Cc1cccc(OC)c1)C(=O)CN(c1cc(Cl)c(Cl)cc1Cl)S(C)(=O)=O. The number of anilines is 1. The molecule has 198 valence electrons. The molecule has 8 nitrogen and oxygen atoms in total. The first-order valence-corrected chi connectivity index (χ1v) is 14.1. The van der Waals surface area contributed by atoms with Crippen LogP contribution in [0.4, 0.5) is 5.69 Å². The quantitative estimate of drug-likeness (QED) is 0.388. The number of nitrogens with zero attached hydrogens (tertiary/aromatic N) is 2. The van der Waals surface area contributed by atoms with Gasteiger partial charge in [-0.2, -0.15) is 0 Å². The summed E-state index contributed by atoms with van der Waals surface area (Å²) >= 11 is 18.4. The fourth-order valence-electron chi connectivity index (χ4n) is 3.31. The van der Waals surface area contributed by atoms with Crippen molar-refractivity contribution >= 4 is 62.3 Å². The molecule has 2 aromatic rings. The lowest BCUT2D eigenvalue weighted by molar-refractivity contribution is -0.139. The van der Waals surface area contributed by atoms with Gasteiger partial charge in [-0.3, -0.25) is 13.9 Å². The Kier molecular flexibility index (Phi) is 10.7. The van der Waals surface area contributed by atoms with Crippen LogP contribution in [0, 0.1) is 0 Å². The normalized spacial score (nSPS) is 13.0. The highest BCUT2D eigenvalue weighted by Gasteiger charge is 2.31. The molecule has 12 heteroatoms. The van der Waals surface area contributed by atoms with Gasteiger partial charge in [-0.05, 0) is 50.1 Å². The molecule has 0 unspecified atom stereocenters. The average molecular weight is 579 g/mol. The topological polar surface area (TPSA) is 96.0 Å². The molecule has 1 N–H and O–H groups in total. The van der Waals surface area contributed by atoms with Crippen LogP contribution in [0.5, 0.6) is 5.75 Å². The molecule has 0 saturated heterocycles. The molecule has 0 saturated carbocycles. The second-order valence-electron chi connectivity index (χ2n) is 8.35. The molecule has 0 aliphatic rings. The molecule has 0 aliphatic carbocycles. The third-order valence-corrected chi connectivity index (χ3v) is 7.74. The zero-order valence-electron chi connectivity index (χ0n) is 20.7. The maximum Gasteiger partial charge on any atom is 0.244 e. The van der Waals surface area contributed by atoms with Crippen molar-refractivity contribution in [2.24, 2.45) is 0 Å². The van der Waals surface area contributed by atoms with E-state index in [1.807, 2.05) is 13.8 Å². The smallest absolute Gasteiger partial charge is 0.244 e. The Morgan fingerprint density at radius 2 is 1.69 bits per heavy atom. The number of benzene rings is 2. The number of amides is 2. The largest absolute Gasteiger partial charge is 0.497 e. The van der Waals surface area contributed by atoms with Gasteiger partial charge in [0.05, 0.1) is 34.1 Å². The Hall–Kier alpha value is -2.20. The van der Waals surface area contributed by atoms with Gasteiger partial charge in [0.1, 0.15) is 18.3 Å². The average Bonchev–Trinajstić information content (AvgIpc) is 2.82. The highest BCUT2D eigenvalue weighted by Crippen LogP contribution is 2.35. The van der Waals surface area contributed by atoms with Crippen molar-refractivity contribution in [3.8, 4) is 5.75 Å². The predicted molar refractivity (Wildman–Crippen MR) is 145 cm³/mol. The van der Waals surface area contributed by atoms with Crippen LogP contribution in [0.1, 0.15) is 32.8 Å². The molecule has 2 amide bonds. The molecule has 0 fully saturated rings. The van der Waals surface area contributed by atoms with E-state index in [-0.39, 0.29) is 39.2 Å². The Labute approximate surface area is 227 Å². The van der Waals surface area contributed by atoms with E-state index in [9.17, 15) is 18.0 Å². The Morgan fingerprint density at radius 1 is 1.06 bits per heavy atom. The number of carbonyl (C=O) groups excluding carboxylic acids is 2. The molecule has 2 rings (SSSR count). The fraction of sp³-hybridized carbons (Fsp3) is 0.417. The molecule has 0 radical (unpaired) electrons. The number of hydrogen-bond acceptors (Lipinski definition) is 5. The standard InChI is InChI=1S/C24H30Cl3N3O5S/c1-6-15(2)28-24(32)16(3)29(13-17-8-7-9-18(10-17)35-4)23(31)14-30(36(5,33)34)22-12-20(26)19(25)11-21(22)27/h7-12,15-16H,6,13-14H2,1-5H3,(H,28,32)/t15-,16-/m1/s1. The highest BCUT2D eigenvalue weighted by molar-refractivity contribution is 7.92. The molecule has 36 heavy (non-hydrogen) atoms. The minimum absolute atomic E-state index is 0.0000400. The van der Waals surface area contributed by atoms with Gasteiger partial charge in [0.15, 0.2) is 0 Å². The van der Waals surface area contributed by atoms with Gasteiger partial charge in [0.25, 0.3) is 0 Å². The molecule has 0 aromatic heterocycles. The third-order valence-electron chi connectivity index (χ3n) is 5.59. The van der Waals surface area contributed by atoms with Crippen LogP contribution in [-0.2, 0) is 26.2 Å². The zero-order chi connectivity index (χ0) is 27.2. The number of hydrogen-bond donors (Lipinski definition) is 1. The maximum absolute atomic E-state index is 13.6. The van der Waals surface area contributed by atoms with Crippen molar-refractivity contribution < 1.29 is 22.7 Å². The zero-order valence-corrected chi connectivity index (χ0v) is 23.8. The van der Waals surface area contributed by atoms with Crippen LogP contribution in [-0.4, -0.2) is 57.1 Å². The monoisotopic (exact) mass is 577 g/mol. The van der Waals surface area contributed by atoms with E-state index in [1.54, 1.807) is 31.2 Å². The van der Waals surface area contributed by atoms with Crippen LogP contribution in [0.15, 0.2) is 36.4 Å². The molecule has 0 bridgehead atoms. The summed E-state index contributed by atoms with van der Waals surface area (Å²) in [5, 5.41) is 3.09. The van der Waals surface area contributed by atoms with Gasteiger partial charge in [-0.25, -0.2) is 8.42 Å². The molecule has 0 heterocycles. The molecule has 0 aliphatic heterocycles. The van der Waals surface area contributed by atoms with Crippen LogP contribution < -0.4 is 14.4 Å². The summed E-state index contributed by atoms with van der Waals surface area (Å²) in [5.41, 5.74) is 0.698. The maximum atomic E-state index is 13.6. The Balaban J connectivity index is 2.47.